The smallest absolute Gasteiger partial charge is 0.0811 e. The largest absolute Gasteiger partial charge is 0.151 e. The zero-order valence-electron chi connectivity index (χ0n) is 25.2. The molecule has 0 radical (unpaired) electrons. The first-order valence-corrected chi connectivity index (χ1v) is 19.0. The molecule has 0 saturated heterocycles. The van der Waals surface area contributed by atoms with Crippen LogP contribution >= 0.6 is 22.6 Å². The minimum Gasteiger partial charge on any atom is -0.151 e. The zero-order chi connectivity index (χ0) is 26.6. The van der Waals surface area contributed by atoms with Crippen LogP contribution in [-0.4, -0.2) is 11.0 Å². The summed E-state index contributed by atoms with van der Waals surface area (Å²) in [5, 5.41) is 3.10. The van der Waals surface area contributed by atoms with Crippen LogP contribution in [0.3, 0.4) is 0 Å². The molecular weight excluding hydrogens is 577 g/mol. The minimum atomic E-state index is 0.533. The summed E-state index contributed by atoms with van der Waals surface area (Å²) in [5.41, 5.74) is 0.656. The first-order valence-electron chi connectivity index (χ1n) is 17.5. The standard InChI is InChI=1S/C35H62INO/c1-28-12-4-2-5-15-31(32-21-20-29(26-32)14-11-25-37-38)16-6-3-9-23-35(28,33-17-7-8-18-33)34-19-10-13-30(27-34)22-24-36/h28-34H,2-27H2,1H3. The Morgan fingerprint density at radius 3 is 2.11 bits per heavy atom. The molecule has 38 heavy (non-hydrogen) atoms. The van der Waals surface area contributed by atoms with Crippen LogP contribution in [0.1, 0.15) is 161 Å². The highest BCUT2D eigenvalue weighted by molar-refractivity contribution is 14.1. The summed E-state index contributed by atoms with van der Waals surface area (Å²) < 4.78 is 1.36. The van der Waals surface area contributed by atoms with Gasteiger partial charge in [0, 0.05) is 0 Å². The van der Waals surface area contributed by atoms with E-state index in [0.29, 0.717) is 12.0 Å². The van der Waals surface area contributed by atoms with E-state index < -0.39 is 0 Å². The predicted octanol–water partition coefficient (Wildman–Crippen LogP) is 11.9. The summed E-state index contributed by atoms with van der Waals surface area (Å²) in [7, 11) is 0. The summed E-state index contributed by atoms with van der Waals surface area (Å²) in [6.07, 6.45) is 35.3. The van der Waals surface area contributed by atoms with Crippen molar-refractivity contribution in [2.45, 2.75) is 161 Å². The van der Waals surface area contributed by atoms with Crippen molar-refractivity contribution >= 4 is 22.6 Å². The third-order valence-electron chi connectivity index (χ3n) is 12.6. The summed E-state index contributed by atoms with van der Waals surface area (Å²) >= 11 is 2.64. The Morgan fingerprint density at radius 1 is 0.658 bits per heavy atom. The maximum absolute atomic E-state index is 10.5. The van der Waals surface area contributed by atoms with Crippen molar-refractivity contribution in [3.05, 3.63) is 4.91 Å². The van der Waals surface area contributed by atoms with Crippen LogP contribution in [0.15, 0.2) is 5.18 Å². The highest BCUT2D eigenvalue weighted by Gasteiger charge is 2.49. The molecule has 7 unspecified atom stereocenters. The monoisotopic (exact) mass is 639 g/mol. The fourth-order valence-electron chi connectivity index (χ4n) is 10.6. The lowest BCUT2D eigenvalue weighted by atomic mass is 9.52. The van der Waals surface area contributed by atoms with Crippen molar-refractivity contribution in [2.75, 3.05) is 11.0 Å². The molecule has 7 atom stereocenters. The van der Waals surface area contributed by atoms with Gasteiger partial charge in [-0.05, 0) is 115 Å². The molecule has 0 N–H and O–H groups in total. The van der Waals surface area contributed by atoms with Gasteiger partial charge in [-0.1, -0.05) is 125 Å². The van der Waals surface area contributed by atoms with E-state index >= 15 is 0 Å². The Morgan fingerprint density at radius 2 is 1.34 bits per heavy atom. The number of alkyl halides is 1. The highest BCUT2D eigenvalue weighted by atomic mass is 127. The molecule has 220 valence electrons. The van der Waals surface area contributed by atoms with E-state index in [0.717, 1.165) is 47.8 Å². The van der Waals surface area contributed by atoms with Crippen LogP contribution < -0.4 is 0 Å². The number of hydrogen-bond acceptors (Lipinski definition) is 2. The van der Waals surface area contributed by atoms with Gasteiger partial charge in [0.1, 0.15) is 0 Å². The van der Waals surface area contributed by atoms with Crippen molar-refractivity contribution in [3.63, 3.8) is 0 Å². The maximum Gasteiger partial charge on any atom is 0.0811 e. The Bertz CT molecular complexity index is 660. The number of hydrogen-bond donors (Lipinski definition) is 0. The van der Waals surface area contributed by atoms with E-state index in [1.54, 1.807) is 32.1 Å². The van der Waals surface area contributed by atoms with E-state index in [1.165, 1.54) is 120 Å². The molecule has 0 amide bonds. The topological polar surface area (TPSA) is 29.4 Å². The van der Waals surface area contributed by atoms with E-state index in [4.69, 9.17) is 0 Å². The van der Waals surface area contributed by atoms with Crippen LogP contribution in [0.2, 0.25) is 0 Å². The summed E-state index contributed by atoms with van der Waals surface area (Å²) in [6.45, 7) is 3.27. The van der Waals surface area contributed by atoms with Gasteiger partial charge in [-0.15, -0.1) is 0 Å². The quantitative estimate of drug-likeness (QED) is 0.107. The zero-order valence-corrected chi connectivity index (χ0v) is 27.3. The Hall–Kier alpha value is 0.330. The van der Waals surface area contributed by atoms with Gasteiger partial charge in [0.25, 0.3) is 0 Å². The number of rotatable bonds is 9. The predicted molar refractivity (Wildman–Crippen MR) is 173 cm³/mol. The van der Waals surface area contributed by atoms with Crippen LogP contribution in [-0.2, 0) is 0 Å². The second-order valence-electron chi connectivity index (χ2n) is 14.6. The molecule has 4 fully saturated rings. The van der Waals surface area contributed by atoms with Crippen molar-refractivity contribution in [1.29, 1.82) is 0 Å². The Labute approximate surface area is 250 Å². The van der Waals surface area contributed by atoms with E-state index in [9.17, 15) is 4.91 Å². The molecule has 0 aliphatic heterocycles. The molecule has 0 aromatic carbocycles. The second-order valence-corrected chi connectivity index (χ2v) is 15.7. The van der Waals surface area contributed by atoms with Gasteiger partial charge in [0.2, 0.25) is 0 Å². The third-order valence-corrected chi connectivity index (χ3v) is 13.2. The lowest BCUT2D eigenvalue weighted by molar-refractivity contribution is -0.0347. The molecule has 0 aromatic rings. The van der Waals surface area contributed by atoms with Crippen LogP contribution in [0.4, 0.5) is 0 Å². The summed E-state index contributed by atoms with van der Waals surface area (Å²) in [6, 6.07) is 0. The van der Waals surface area contributed by atoms with Gasteiger partial charge in [0.05, 0.1) is 6.54 Å². The third kappa shape index (κ3) is 8.43. The Kier molecular flexibility index (Phi) is 13.7. The number of nitrogens with zero attached hydrogens (tertiary/aromatic N) is 1. The number of halogens is 1. The summed E-state index contributed by atoms with van der Waals surface area (Å²) in [5.74, 6) is 6.84. The molecule has 0 bridgehead atoms. The van der Waals surface area contributed by atoms with E-state index in [-0.39, 0.29) is 0 Å². The molecule has 3 heteroatoms. The molecule has 0 heterocycles. The average Bonchev–Trinajstić information content (AvgIpc) is 3.63. The first-order chi connectivity index (χ1) is 18.7. The summed E-state index contributed by atoms with van der Waals surface area (Å²) in [4.78, 5) is 10.5. The average molecular weight is 640 g/mol. The normalized spacial score (nSPS) is 38.8. The molecule has 4 aliphatic carbocycles. The van der Waals surface area contributed by atoms with Crippen LogP contribution in [0.25, 0.3) is 0 Å². The molecule has 2 nitrogen and oxygen atoms in total. The van der Waals surface area contributed by atoms with Crippen molar-refractivity contribution in [3.8, 4) is 0 Å². The molecule has 4 saturated carbocycles. The Balaban J connectivity index is 1.40. The van der Waals surface area contributed by atoms with Gasteiger partial charge in [-0.25, -0.2) is 0 Å². The first kappa shape index (κ1) is 31.3. The van der Waals surface area contributed by atoms with Gasteiger partial charge >= 0.3 is 0 Å². The van der Waals surface area contributed by atoms with E-state index in [2.05, 4.69) is 34.7 Å². The van der Waals surface area contributed by atoms with Gasteiger partial charge in [-0.2, -0.15) is 4.91 Å². The van der Waals surface area contributed by atoms with E-state index in [1.807, 2.05) is 0 Å². The highest BCUT2D eigenvalue weighted by Crippen LogP contribution is 2.58. The van der Waals surface area contributed by atoms with Crippen molar-refractivity contribution < 1.29 is 0 Å². The lowest BCUT2D eigenvalue weighted by Gasteiger charge is -2.53. The molecule has 4 rings (SSSR count). The van der Waals surface area contributed by atoms with Gasteiger partial charge in [0.15, 0.2) is 0 Å². The molecule has 4 aliphatic rings. The SMILES string of the molecule is CC1CCCCCC(C2CCC(CCCN=O)C2)CCCCCC1(C1CCCC1)C1CCCC(CCI)C1. The van der Waals surface area contributed by atoms with Crippen LogP contribution in [0.5, 0.6) is 0 Å². The fraction of sp³-hybridized carbons (Fsp3) is 1.00. The van der Waals surface area contributed by atoms with Crippen molar-refractivity contribution in [2.24, 2.45) is 52.0 Å². The molecule has 0 spiro atoms. The minimum absolute atomic E-state index is 0.533. The fourth-order valence-corrected chi connectivity index (χ4v) is 11.5. The van der Waals surface area contributed by atoms with Crippen molar-refractivity contribution in [1.82, 2.24) is 0 Å². The number of nitroso groups, excluding NO2 is 1. The maximum atomic E-state index is 10.5. The second kappa shape index (κ2) is 16.7. The van der Waals surface area contributed by atoms with Crippen LogP contribution in [0, 0.1) is 51.7 Å². The molecule has 0 aromatic heterocycles. The lowest BCUT2D eigenvalue weighted by Crippen LogP contribution is -2.45. The molecular formula is C35H62INO. The van der Waals surface area contributed by atoms with Gasteiger partial charge < -0.3 is 0 Å². The van der Waals surface area contributed by atoms with Gasteiger partial charge in [-0.3, -0.25) is 0 Å².